The molecule has 2 heterocycles. The Morgan fingerprint density at radius 3 is 2.75 bits per heavy atom. The number of carbonyl (C=O) groups excluding carboxylic acids is 2. The van der Waals surface area contributed by atoms with Crippen molar-refractivity contribution >= 4 is 40.2 Å². The first-order valence-corrected chi connectivity index (χ1v) is 10.6. The molecule has 0 saturated heterocycles. The highest BCUT2D eigenvalue weighted by atomic mass is 32.1. The maximum Gasteiger partial charge on any atom is 0.273 e. The number of anilines is 1. The Kier molecular flexibility index (Phi) is 6.78. The number of thiophene rings is 1. The molecule has 0 aliphatic heterocycles. The number of benzene rings is 1. The molecule has 6 nitrogen and oxygen atoms in total. The van der Waals surface area contributed by atoms with Crippen molar-refractivity contribution in [3.63, 3.8) is 0 Å². The second-order valence-electron chi connectivity index (χ2n) is 6.03. The molecule has 0 bridgehead atoms. The highest BCUT2D eigenvalue weighted by Crippen LogP contribution is 2.26. The minimum absolute atomic E-state index is 0.0456. The van der Waals surface area contributed by atoms with Crippen LogP contribution in [0.15, 0.2) is 46.5 Å². The Morgan fingerprint density at radius 2 is 2.04 bits per heavy atom. The third kappa shape index (κ3) is 4.76. The molecular formula is C20H21N3O3S2. The van der Waals surface area contributed by atoms with Crippen LogP contribution in [0, 0.1) is 0 Å². The molecule has 2 amide bonds. The molecule has 0 aliphatic carbocycles. The van der Waals surface area contributed by atoms with Crippen molar-refractivity contribution in [2.75, 3.05) is 25.5 Å². The largest absolute Gasteiger partial charge is 0.495 e. The smallest absolute Gasteiger partial charge is 0.273 e. The van der Waals surface area contributed by atoms with Crippen LogP contribution >= 0.6 is 22.7 Å². The Morgan fingerprint density at radius 1 is 1.21 bits per heavy atom. The average molecular weight is 416 g/mol. The zero-order valence-corrected chi connectivity index (χ0v) is 17.3. The molecule has 0 saturated carbocycles. The second-order valence-corrected chi connectivity index (χ2v) is 7.66. The van der Waals surface area contributed by atoms with Crippen molar-refractivity contribution in [1.29, 1.82) is 0 Å². The Hall–Kier alpha value is -2.71. The molecule has 3 aromatic rings. The van der Waals surface area contributed by atoms with E-state index in [1.54, 1.807) is 36.0 Å². The minimum atomic E-state index is -0.278. The summed E-state index contributed by atoms with van der Waals surface area (Å²) in [5, 5.41) is 9.33. The maximum absolute atomic E-state index is 12.9. The quantitative estimate of drug-likeness (QED) is 0.593. The van der Waals surface area contributed by atoms with E-state index in [9.17, 15) is 9.59 Å². The Labute approximate surface area is 171 Å². The van der Waals surface area contributed by atoms with Gasteiger partial charge in [-0.2, -0.15) is 11.3 Å². The normalized spacial score (nSPS) is 10.5. The van der Waals surface area contributed by atoms with E-state index in [1.165, 1.54) is 16.2 Å². The predicted molar refractivity (Wildman–Crippen MR) is 113 cm³/mol. The molecule has 0 fully saturated rings. The molecule has 0 unspecified atom stereocenters. The fourth-order valence-corrected chi connectivity index (χ4v) is 4.19. The second kappa shape index (κ2) is 9.48. The van der Waals surface area contributed by atoms with Crippen LogP contribution < -0.4 is 10.1 Å². The highest BCUT2D eigenvalue weighted by molar-refractivity contribution is 7.14. The van der Waals surface area contributed by atoms with E-state index in [0.29, 0.717) is 23.7 Å². The van der Waals surface area contributed by atoms with Gasteiger partial charge in [0.2, 0.25) is 5.91 Å². The molecule has 0 radical (unpaired) electrons. The molecule has 8 heteroatoms. The Balaban J connectivity index is 1.70. The van der Waals surface area contributed by atoms with Crippen molar-refractivity contribution in [3.8, 4) is 16.3 Å². The number of aromatic nitrogens is 1. The first-order valence-electron chi connectivity index (χ1n) is 8.82. The molecule has 0 spiro atoms. The third-order valence-electron chi connectivity index (χ3n) is 3.99. The standard InChI is InChI=1S/C20H21N3O3S2/c1-3-9-23(11-18(24)21-15-6-4-5-7-17(15)26-2)20(25)16-13-28-19(22-16)14-8-10-27-12-14/h4-8,10,12-13H,3,9,11H2,1-2H3,(H,21,24). The molecule has 0 aliphatic rings. The van der Waals surface area contributed by atoms with Crippen molar-refractivity contribution in [1.82, 2.24) is 9.88 Å². The fraction of sp³-hybridized carbons (Fsp3) is 0.250. The number of ether oxygens (including phenoxy) is 1. The summed E-state index contributed by atoms with van der Waals surface area (Å²) < 4.78 is 5.25. The molecule has 28 heavy (non-hydrogen) atoms. The number of carbonyl (C=O) groups is 2. The van der Waals surface area contributed by atoms with Gasteiger partial charge < -0.3 is 15.0 Å². The summed E-state index contributed by atoms with van der Waals surface area (Å²) in [4.78, 5) is 31.4. The van der Waals surface area contributed by atoms with Crippen molar-refractivity contribution in [2.45, 2.75) is 13.3 Å². The topological polar surface area (TPSA) is 71.5 Å². The van der Waals surface area contributed by atoms with Gasteiger partial charge in [-0.3, -0.25) is 9.59 Å². The zero-order chi connectivity index (χ0) is 19.9. The van der Waals surface area contributed by atoms with Crippen LogP contribution in [-0.2, 0) is 4.79 Å². The third-order valence-corrected chi connectivity index (χ3v) is 5.56. The molecule has 3 rings (SSSR count). The van der Waals surface area contributed by atoms with Gasteiger partial charge in [0.15, 0.2) is 0 Å². The van der Waals surface area contributed by atoms with Gasteiger partial charge in [-0.1, -0.05) is 19.1 Å². The van der Waals surface area contributed by atoms with E-state index >= 15 is 0 Å². The SMILES string of the molecule is CCCN(CC(=O)Nc1ccccc1OC)C(=O)c1csc(-c2ccsc2)n1. The van der Waals surface area contributed by atoms with Crippen LogP contribution in [0.25, 0.3) is 10.6 Å². The van der Waals surface area contributed by atoms with Crippen LogP contribution in [0.1, 0.15) is 23.8 Å². The van der Waals surface area contributed by atoms with Crippen LogP contribution in [-0.4, -0.2) is 41.9 Å². The summed E-state index contributed by atoms with van der Waals surface area (Å²) in [6.45, 7) is 2.40. The lowest BCUT2D eigenvalue weighted by molar-refractivity contribution is -0.116. The number of rotatable bonds is 8. The number of nitrogens with one attached hydrogen (secondary N) is 1. The molecular weight excluding hydrogens is 394 g/mol. The Bertz CT molecular complexity index is 938. The summed E-state index contributed by atoms with van der Waals surface area (Å²) in [6.07, 6.45) is 0.745. The van der Waals surface area contributed by atoms with Gasteiger partial charge in [-0.05, 0) is 30.0 Å². The van der Waals surface area contributed by atoms with Crippen molar-refractivity contribution < 1.29 is 14.3 Å². The van der Waals surface area contributed by atoms with Gasteiger partial charge in [0.05, 0.1) is 12.8 Å². The van der Waals surface area contributed by atoms with Gasteiger partial charge in [0.25, 0.3) is 5.91 Å². The maximum atomic E-state index is 12.9. The summed E-state index contributed by atoms with van der Waals surface area (Å²) in [6, 6.07) is 9.15. The summed E-state index contributed by atoms with van der Waals surface area (Å²) >= 11 is 3.02. The molecule has 1 aromatic carbocycles. The van der Waals surface area contributed by atoms with Crippen molar-refractivity contribution in [3.05, 3.63) is 52.2 Å². The van der Waals surface area contributed by atoms with E-state index in [-0.39, 0.29) is 18.4 Å². The summed E-state index contributed by atoms with van der Waals surface area (Å²) in [5.41, 5.74) is 1.95. The van der Waals surface area contributed by atoms with E-state index in [1.807, 2.05) is 35.9 Å². The molecule has 1 N–H and O–H groups in total. The lowest BCUT2D eigenvalue weighted by Crippen LogP contribution is -2.38. The lowest BCUT2D eigenvalue weighted by atomic mass is 10.3. The van der Waals surface area contributed by atoms with Crippen molar-refractivity contribution in [2.24, 2.45) is 0 Å². The van der Waals surface area contributed by atoms with E-state index in [2.05, 4.69) is 10.3 Å². The minimum Gasteiger partial charge on any atom is -0.495 e. The number of amides is 2. The monoisotopic (exact) mass is 415 g/mol. The van der Waals surface area contributed by atoms with Gasteiger partial charge in [0, 0.05) is 22.9 Å². The summed E-state index contributed by atoms with van der Waals surface area (Å²) in [7, 11) is 1.55. The number of thiazole rings is 1. The fourth-order valence-electron chi connectivity index (χ4n) is 2.69. The van der Waals surface area contributed by atoms with Gasteiger partial charge in [0.1, 0.15) is 23.0 Å². The first-order chi connectivity index (χ1) is 13.6. The average Bonchev–Trinajstić information content (AvgIpc) is 3.39. The van der Waals surface area contributed by atoms with Gasteiger partial charge in [-0.25, -0.2) is 4.98 Å². The van der Waals surface area contributed by atoms with E-state index in [4.69, 9.17) is 4.74 Å². The van der Waals surface area contributed by atoms with Crippen LogP contribution in [0.2, 0.25) is 0 Å². The van der Waals surface area contributed by atoms with Gasteiger partial charge in [-0.15, -0.1) is 11.3 Å². The number of methoxy groups -OCH3 is 1. The predicted octanol–water partition coefficient (Wildman–Crippen LogP) is 4.37. The number of para-hydroxylation sites is 2. The van der Waals surface area contributed by atoms with Gasteiger partial charge >= 0.3 is 0 Å². The van der Waals surface area contributed by atoms with E-state index < -0.39 is 0 Å². The summed E-state index contributed by atoms with van der Waals surface area (Å²) in [5.74, 6) is 0.0541. The number of nitrogens with zero attached hydrogens (tertiary/aromatic N) is 2. The lowest BCUT2D eigenvalue weighted by Gasteiger charge is -2.21. The number of hydrogen-bond donors (Lipinski definition) is 1. The van der Waals surface area contributed by atoms with Crippen LogP contribution in [0.4, 0.5) is 5.69 Å². The molecule has 146 valence electrons. The zero-order valence-electron chi connectivity index (χ0n) is 15.7. The first kappa shape index (κ1) is 20.0. The molecule has 0 atom stereocenters. The van der Waals surface area contributed by atoms with E-state index in [0.717, 1.165) is 17.0 Å². The molecule has 2 aromatic heterocycles. The number of hydrogen-bond acceptors (Lipinski definition) is 6. The van der Waals surface area contributed by atoms with Crippen LogP contribution in [0.3, 0.4) is 0 Å². The highest BCUT2D eigenvalue weighted by Gasteiger charge is 2.21. The van der Waals surface area contributed by atoms with Crippen LogP contribution in [0.5, 0.6) is 5.75 Å².